The van der Waals surface area contributed by atoms with E-state index in [2.05, 4.69) is 15.9 Å². The van der Waals surface area contributed by atoms with Gasteiger partial charge in [0.25, 0.3) is 0 Å². The number of sulfone groups is 1. The van der Waals surface area contributed by atoms with E-state index in [0.29, 0.717) is 6.42 Å². The Morgan fingerprint density at radius 1 is 1.56 bits per heavy atom. The molecule has 0 aromatic rings. The number of alkyl halides is 1. The number of aliphatic hydroxyl groups excluding tert-OH is 1. The van der Waals surface area contributed by atoms with E-state index in [0.717, 1.165) is 0 Å². The standard InChI is InChI=1S/C4H7BrO3S/c5-4-3(6)1-2-9(4,7)8/h3-4,6H,1-2H2/t3-,4-/m0/s1. The molecule has 2 atom stereocenters. The van der Waals surface area contributed by atoms with Crippen molar-refractivity contribution in [3.05, 3.63) is 0 Å². The average Bonchev–Trinajstić information content (AvgIpc) is 1.97. The molecule has 54 valence electrons. The predicted octanol–water partition coefficient (Wildman–Crippen LogP) is -0.113. The van der Waals surface area contributed by atoms with Gasteiger partial charge in [-0.2, -0.15) is 0 Å². The van der Waals surface area contributed by atoms with Gasteiger partial charge in [0.15, 0.2) is 9.84 Å². The quantitative estimate of drug-likeness (QED) is 0.573. The number of hydrogen-bond donors (Lipinski definition) is 1. The van der Waals surface area contributed by atoms with Crippen LogP contribution in [0.25, 0.3) is 0 Å². The van der Waals surface area contributed by atoms with Crippen molar-refractivity contribution in [2.45, 2.75) is 16.7 Å². The van der Waals surface area contributed by atoms with Crippen LogP contribution in [0, 0.1) is 0 Å². The summed E-state index contributed by atoms with van der Waals surface area (Å²) in [5.41, 5.74) is 0. The van der Waals surface area contributed by atoms with Crippen molar-refractivity contribution in [2.24, 2.45) is 0 Å². The molecule has 1 rings (SSSR count). The van der Waals surface area contributed by atoms with E-state index in [-0.39, 0.29) is 5.75 Å². The van der Waals surface area contributed by atoms with E-state index in [9.17, 15) is 8.42 Å². The maximum atomic E-state index is 10.8. The first-order valence-corrected chi connectivity index (χ1v) is 5.21. The highest BCUT2D eigenvalue weighted by atomic mass is 79.9. The molecule has 0 aromatic carbocycles. The molecule has 1 aliphatic rings. The number of rotatable bonds is 0. The van der Waals surface area contributed by atoms with Crippen LogP contribution in [0.4, 0.5) is 0 Å². The van der Waals surface area contributed by atoms with Gasteiger partial charge in [-0.05, 0) is 6.42 Å². The number of hydrogen-bond acceptors (Lipinski definition) is 3. The normalized spacial score (nSPS) is 41.1. The second kappa shape index (κ2) is 2.21. The van der Waals surface area contributed by atoms with Gasteiger partial charge in [0.05, 0.1) is 11.9 Å². The lowest BCUT2D eigenvalue weighted by atomic mass is 10.3. The third-order valence-corrected chi connectivity index (χ3v) is 5.47. The Hall–Kier alpha value is 0.390. The van der Waals surface area contributed by atoms with Gasteiger partial charge < -0.3 is 5.11 Å². The summed E-state index contributed by atoms with van der Waals surface area (Å²) < 4.78 is 20.8. The molecule has 1 fully saturated rings. The third-order valence-electron chi connectivity index (χ3n) is 1.34. The van der Waals surface area contributed by atoms with Crippen molar-refractivity contribution in [3.63, 3.8) is 0 Å². The first-order chi connectivity index (χ1) is 4.04. The molecule has 0 radical (unpaired) electrons. The Morgan fingerprint density at radius 3 is 2.22 bits per heavy atom. The second-order valence-corrected chi connectivity index (χ2v) is 5.91. The van der Waals surface area contributed by atoms with Gasteiger partial charge in [0, 0.05) is 0 Å². The topological polar surface area (TPSA) is 54.4 Å². The molecule has 0 aliphatic carbocycles. The fourth-order valence-electron chi connectivity index (χ4n) is 0.768. The summed E-state index contributed by atoms with van der Waals surface area (Å²) in [6.45, 7) is 0. The minimum Gasteiger partial charge on any atom is -0.391 e. The summed E-state index contributed by atoms with van der Waals surface area (Å²) in [5, 5.41) is 8.91. The molecule has 1 saturated heterocycles. The maximum Gasteiger partial charge on any atom is 0.165 e. The van der Waals surface area contributed by atoms with Gasteiger partial charge >= 0.3 is 0 Å². The summed E-state index contributed by atoms with van der Waals surface area (Å²) >= 11 is 2.89. The van der Waals surface area contributed by atoms with Crippen molar-refractivity contribution in [2.75, 3.05) is 5.75 Å². The van der Waals surface area contributed by atoms with E-state index in [1.165, 1.54) is 0 Å². The molecule has 9 heavy (non-hydrogen) atoms. The van der Waals surface area contributed by atoms with Gasteiger partial charge in [-0.25, -0.2) is 8.42 Å². The molecular formula is C4H7BrO3S. The Balaban J connectivity index is 2.87. The highest BCUT2D eigenvalue weighted by molar-refractivity contribution is 9.11. The molecule has 0 unspecified atom stereocenters. The zero-order valence-corrected chi connectivity index (χ0v) is 7.02. The lowest BCUT2D eigenvalue weighted by Crippen LogP contribution is -2.18. The highest BCUT2D eigenvalue weighted by Gasteiger charge is 2.36. The van der Waals surface area contributed by atoms with Crippen LogP contribution in [0.15, 0.2) is 0 Å². The van der Waals surface area contributed by atoms with Crippen LogP contribution in [-0.2, 0) is 9.84 Å². The molecule has 0 bridgehead atoms. The van der Waals surface area contributed by atoms with Crippen molar-refractivity contribution in [3.8, 4) is 0 Å². The number of aliphatic hydroxyl groups is 1. The van der Waals surface area contributed by atoms with Crippen LogP contribution in [-0.4, -0.2) is 29.5 Å². The fraction of sp³-hybridized carbons (Fsp3) is 1.00. The molecule has 1 heterocycles. The summed E-state index contributed by atoms with van der Waals surface area (Å²) in [6, 6.07) is 0. The molecule has 1 N–H and O–H groups in total. The van der Waals surface area contributed by atoms with Crippen LogP contribution >= 0.6 is 15.9 Å². The molecule has 0 spiro atoms. The summed E-state index contributed by atoms with van der Waals surface area (Å²) in [7, 11) is -3.01. The van der Waals surface area contributed by atoms with Crippen LogP contribution < -0.4 is 0 Å². The zero-order chi connectivity index (χ0) is 7.07. The first kappa shape index (κ1) is 7.50. The molecule has 0 aromatic heterocycles. The van der Waals surface area contributed by atoms with Crippen molar-refractivity contribution >= 4 is 25.8 Å². The van der Waals surface area contributed by atoms with Gasteiger partial charge in [0.2, 0.25) is 0 Å². The van der Waals surface area contributed by atoms with Crippen LogP contribution in [0.5, 0.6) is 0 Å². The summed E-state index contributed by atoms with van der Waals surface area (Å²) in [6.07, 6.45) is -0.354. The SMILES string of the molecule is O=S1(=O)CC[C@H](O)[C@H]1Br. The maximum absolute atomic E-state index is 10.8. The van der Waals surface area contributed by atoms with Crippen molar-refractivity contribution < 1.29 is 13.5 Å². The van der Waals surface area contributed by atoms with E-state index < -0.39 is 20.1 Å². The van der Waals surface area contributed by atoms with E-state index in [1.807, 2.05) is 0 Å². The Morgan fingerprint density at radius 2 is 2.11 bits per heavy atom. The first-order valence-electron chi connectivity index (χ1n) is 2.58. The lowest BCUT2D eigenvalue weighted by Gasteiger charge is -2.02. The summed E-state index contributed by atoms with van der Waals surface area (Å²) in [5.74, 6) is 0.101. The van der Waals surface area contributed by atoms with Crippen LogP contribution in [0.1, 0.15) is 6.42 Å². The smallest absolute Gasteiger partial charge is 0.165 e. The fourth-order valence-corrected chi connectivity index (χ4v) is 3.00. The average molecular weight is 215 g/mol. The van der Waals surface area contributed by atoms with Gasteiger partial charge in [-0.3, -0.25) is 0 Å². The predicted molar refractivity (Wildman–Crippen MR) is 37.1 cm³/mol. The highest BCUT2D eigenvalue weighted by Crippen LogP contribution is 2.24. The Labute approximate surface area is 62.1 Å². The molecular weight excluding hydrogens is 208 g/mol. The minimum atomic E-state index is -3.01. The molecule has 0 amide bonds. The Bertz CT molecular complexity index is 198. The largest absolute Gasteiger partial charge is 0.391 e. The Kier molecular flexibility index (Phi) is 1.84. The van der Waals surface area contributed by atoms with E-state index >= 15 is 0 Å². The van der Waals surface area contributed by atoms with E-state index in [4.69, 9.17) is 5.11 Å². The van der Waals surface area contributed by atoms with Gasteiger partial charge in [-0.15, -0.1) is 0 Å². The second-order valence-electron chi connectivity index (χ2n) is 2.07. The monoisotopic (exact) mass is 214 g/mol. The van der Waals surface area contributed by atoms with Crippen molar-refractivity contribution in [1.29, 1.82) is 0 Å². The molecule has 3 nitrogen and oxygen atoms in total. The van der Waals surface area contributed by atoms with Crippen LogP contribution in [0.2, 0.25) is 0 Å². The molecule has 1 aliphatic heterocycles. The third kappa shape index (κ3) is 1.28. The van der Waals surface area contributed by atoms with Crippen LogP contribution in [0.3, 0.4) is 0 Å². The van der Waals surface area contributed by atoms with E-state index in [1.54, 1.807) is 0 Å². The summed E-state index contributed by atoms with van der Waals surface area (Å²) in [4.78, 5) is 0. The molecule has 0 saturated carbocycles. The number of halogens is 1. The lowest BCUT2D eigenvalue weighted by molar-refractivity contribution is 0.196. The van der Waals surface area contributed by atoms with Gasteiger partial charge in [0.1, 0.15) is 4.16 Å². The zero-order valence-electron chi connectivity index (χ0n) is 4.62. The minimum absolute atomic E-state index is 0.101. The van der Waals surface area contributed by atoms with Gasteiger partial charge in [-0.1, -0.05) is 15.9 Å². The molecule has 5 heteroatoms. The van der Waals surface area contributed by atoms with Crippen molar-refractivity contribution in [1.82, 2.24) is 0 Å².